The van der Waals surface area contributed by atoms with E-state index in [0.29, 0.717) is 10.7 Å². The highest BCUT2D eigenvalue weighted by molar-refractivity contribution is 6.34. The maximum absolute atomic E-state index is 14.8. The number of halogens is 6. The molecule has 0 radical (unpaired) electrons. The summed E-state index contributed by atoms with van der Waals surface area (Å²) in [4.78, 5) is 24.9. The zero-order valence-corrected chi connectivity index (χ0v) is 17.2. The molecule has 0 fully saturated rings. The average Bonchev–Trinajstić information content (AvgIpc) is 2.96. The van der Waals surface area contributed by atoms with E-state index in [9.17, 15) is 31.5 Å². The molecule has 3 aromatic rings. The summed E-state index contributed by atoms with van der Waals surface area (Å²) in [5, 5.41) is 5.73. The lowest BCUT2D eigenvalue weighted by atomic mass is 10.1. The van der Waals surface area contributed by atoms with Gasteiger partial charge in [-0.25, -0.2) is 13.6 Å². The number of nitrogens with zero attached hydrogens (tertiary/aromatic N) is 3. The van der Waals surface area contributed by atoms with E-state index in [1.807, 2.05) is 0 Å². The highest BCUT2D eigenvalue weighted by Gasteiger charge is 2.30. The van der Waals surface area contributed by atoms with Gasteiger partial charge >= 0.3 is 11.9 Å². The van der Waals surface area contributed by atoms with Gasteiger partial charge in [-0.05, 0) is 25.1 Å². The molecule has 7 nitrogen and oxygen atoms in total. The monoisotopic (exact) mass is 476 g/mol. The van der Waals surface area contributed by atoms with Crippen LogP contribution in [0.1, 0.15) is 16.2 Å². The summed E-state index contributed by atoms with van der Waals surface area (Å²) in [5.41, 5.74) is -2.47. The molecule has 13 heteroatoms. The van der Waals surface area contributed by atoms with E-state index in [0.717, 1.165) is 16.7 Å². The largest absolute Gasteiger partial charge is 0.483 e. The molecule has 1 heterocycles. The Morgan fingerprint density at radius 1 is 1.22 bits per heavy atom. The van der Waals surface area contributed by atoms with Crippen molar-refractivity contribution in [2.75, 3.05) is 11.9 Å². The predicted octanol–water partition coefficient (Wildman–Crippen LogP) is 4.00. The summed E-state index contributed by atoms with van der Waals surface area (Å²) < 4.78 is 73.3. The first-order valence-corrected chi connectivity index (χ1v) is 9.18. The van der Waals surface area contributed by atoms with Crippen LogP contribution in [0.25, 0.3) is 5.69 Å². The minimum absolute atomic E-state index is 0.191. The summed E-state index contributed by atoms with van der Waals surface area (Å²) in [7, 11) is 1.36. The molecule has 170 valence electrons. The summed E-state index contributed by atoms with van der Waals surface area (Å²) in [6.07, 6.45) is -4.78. The van der Waals surface area contributed by atoms with Gasteiger partial charge in [-0.3, -0.25) is 9.36 Å². The maximum Gasteiger partial charge on any atom is 0.422 e. The lowest BCUT2D eigenvalue weighted by molar-refractivity contribution is -0.153. The third-order valence-electron chi connectivity index (χ3n) is 4.31. The van der Waals surface area contributed by atoms with Gasteiger partial charge in [-0.15, -0.1) is 0 Å². The number of hydrogen-bond donors (Lipinski definition) is 1. The first kappa shape index (κ1) is 23.3. The van der Waals surface area contributed by atoms with Gasteiger partial charge in [0, 0.05) is 13.1 Å². The molecule has 0 saturated carbocycles. The fraction of sp³-hybridized carbons (Fsp3) is 0.211. The quantitative estimate of drug-likeness (QED) is 0.565. The van der Waals surface area contributed by atoms with Crippen LogP contribution in [-0.2, 0) is 7.05 Å². The van der Waals surface area contributed by atoms with Crippen LogP contribution in [0.2, 0.25) is 5.02 Å². The van der Waals surface area contributed by atoms with Gasteiger partial charge in [-0.2, -0.15) is 23.0 Å². The number of ether oxygens (including phenoxy) is 1. The Balaban J connectivity index is 2.10. The van der Waals surface area contributed by atoms with E-state index in [1.54, 1.807) is 0 Å². The molecule has 1 N–H and O–H groups in total. The van der Waals surface area contributed by atoms with Crippen LogP contribution in [0.5, 0.6) is 5.75 Å². The molecule has 1 aromatic heterocycles. The van der Waals surface area contributed by atoms with Crippen LogP contribution in [0, 0.1) is 18.6 Å². The number of alkyl halides is 3. The fourth-order valence-electron chi connectivity index (χ4n) is 2.65. The Labute approximate surface area is 182 Å². The Morgan fingerprint density at radius 2 is 1.91 bits per heavy atom. The number of para-hydroxylation sites is 1. The Hall–Kier alpha value is -3.41. The van der Waals surface area contributed by atoms with Crippen molar-refractivity contribution in [2.24, 2.45) is 7.05 Å². The number of rotatable bonds is 5. The number of carbonyl (C=O) groups is 1. The van der Waals surface area contributed by atoms with Crippen molar-refractivity contribution in [3.63, 3.8) is 0 Å². The molecule has 0 bridgehead atoms. The first-order chi connectivity index (χ1) is 14.9. The Kier molecular flexibility index (Phi) is 6.26. The molecule has 0 aliphatic rings. The van der Waals surface area contributed by atoms with E-state index in [4.69, 9.17) is 11.6 Å². The highest BCUT2D eigenvalue weighted by atomic mass is 35.5. The number of carbonyl (C=O) groups excluding carboxylic acids is 1. The number of anilines is 1. The van der Waals surface area contributed by atoms with E-state index >= 15 is 0 Å². The second-order valence-corrected chi connectivity index (χ2v) is 6.96. The van der Waals surface area contributed by atoms with Crippen molar-refractivity contribution in [1.82, 2.24) is 14.3 Å². The maximum atomic E-state index is 14.8. The summed E-state index contributed by atoms with van der Waals surface area (Å²) in [6, 6.07) is 4.81. The third kappa shape index (κ3) is 4.74. The highest BCUT2D eigenvalue weighted by Crippen LogP contribution is 2.30. The van der Waals surface area contributed by atoms with Gasteiger partial charge in [0.15, 0.2) is 6.61 Å². The van der Waals surface area contributed by atoms with Gasteiger partial charge in [0.1, 0.15) is 28.9 Å². The van der Waals surface area contributed by atoms with Crippen LogP contribution >= 0.6 is 11.6 Å². The molecule has 3 rings (SSSR count). The smallest absolute Gasteiger partial charge is 0.422 e. The standard InChI is InChI=1S/C19H14ClF5N4O3/c1-9-27-29(18(31)28(9)2)14-7-15(32-8-19(23,24)25)10(6-13(14)22)17(30)26-16-11(20)4-3-5-12(16)21/h3-7H,8H2,1-2H3,(H,26,30). The van der Waals surface area contributed by atoms with Gasteiger partial charge in [0.25, 0.3) is 5.91 Å². The Bertz CT molecular complexity index is 1230. The number of hydrogen-bond acceptors (Lipinski definition) is 4. The summed E-state index contributed by atoms with van der Waals surface area (Å²) in [5.74, 6) is -3.78. The van der Waals surface area contributed by atoms with Crippen molar-refractivity contribution in [3.05, 3.63) is 68.9 Å². The van der Waals surface area contributed by atoms with Gasteiger partial charge in [0.2, 0.25) is 0 Å². The van der Waals surface area contributed by atoms with Crippen LogP contribution in [0.4, 0.5) is 27.6 Å². The SMILES string of the molecule is Cc1nn(-c2cc(OCC(F)(F)F)c(C(=O)Nc3c(F)cccc3Cl)cc2F)c(=O)n1C. The molecule has 2 aromatic carbocycles. The van der Waals surface area contributed by atoms with Gasteiger partial charge in [0.05, 0.1) is 16.3 Å². The summed E-state index contributed by atoms with van der Waals surface area (Å²) in [6.45, 7) is -0.355. The van der Waals surface area contributed by atoms with Gasteiger partial charge in [-0.1, -0.05) is 17.7 Å². The lowest BCUT2D eigenvalue weighted by Crippen LogP contribution is -2.24. The molecule has 32 heavy (non-hydrogen) atoms. The zero-order chi connectivity index (χ0) is 23.8. The van der Waals surface area contributed by atoms with Crippen LogP contribution < -0.4 is 15.7 Å². The molecule has 0 unspecified atom stereocenters. The minimum atomic E-state index is -4.78. The van der Waals surface area contributed by atoms with E-state index < -0.39 is 58.7 Å². The zero-order valence-electron chi connectivity index (χ0n) is 16.4. The van der Waals surface area contributed by atoms with E-state index in [1.165, 1.54) is 26.1 Å². The first-order valence-electron chi connectivity index (χ1n) is 8.80. The molecule has 0 atom stereocenters. The van der Waals surface area contributed by atoms with Crippen molar-refractivity contribution in [2.45, 2.75) is 13.1 Å². The average molecular weight is 477 g/mol. The number of nitrogens with one attached hydrogen (secondary N) is 1. The van der Waals surface area contributed by atoms with Crippen LogP contribution in [0.15, 0.2) is 35.1 Å². The minimum Gasteiger partial charge on any atom is -0.483 e. The van der Waals surface area contributed by atoms with Crippen molar-refractivity contribution in [3.8, 4) is 11.4 Å². The molecule has 1 amide bonds. The molecule has 0 spiro atoms. The van der Waals surface area contributed by atoms with Crippen LogP contribution in [0.3, 0.4) is 0 Å². The van der Waals surface area contributed by atoms with E-state index in [2.05, 4.69) is 15.2 Å². The number of aryl methyl sites for hydroxylation is 1. The molecular weight excluding hydrogens is 463 g/mol. The lowest BCUT2D eigenvalue weighted by Gasteiger charge is -2.15. The molecule has 0 aliphatic carbocycles. The normalized spacial score (nSPS) is 11.5. The fourth-order valence-corrected chi connectivity index (χ4v) is 2.86. The Morgan fingerprint density at radius 3 is 2.47 bits per heavy atom. The number of benzene rings is 2. The predicted molar refractivity (Wildman–Crippen MR) is 104 cm³/mol. The second-order valence-electron chi connectivity index (χ2n) is 6.56. The summed E-state index contributed by atoms with van der Waals surface area (Å²) >= 11 is 5.84. The van der Waals surface area contributed by atoms with Crippen molar-refractivity contribution in [1.29, 1.82) is 0 Å². The molecule has 0 aliphatic heterocycles. The van der Waals surface area contributed by atoms with Crippen molar-refractivity contribution < 1.29 is 31.5 Å². The van der Waals surface area contributed by atoms with Gasteiger partial charge < -0.3 is 10.1 Å². The molecule has 0 saturated heterocycles. The van der Waals surface area contributed by atoms with Crippen molar-refractivity contribution >= 4 is 23.2 Å². The second kappa shape index (κ2) is 8.61. The van der Waals surface area contributed by atoms with Crippen LogP contribution in [-0.4, -0.2) is 33.0 Å². The van der Waals surface area contributed by atoms with E-state index in [-0.39, 0.29) is 10.8 Å². The topological polar surface area (TPSA) is 78.2 Å². The third-order valence-corrected chi connectivity index (χ3v) is 4.63. The molecular formula is C19H14ClF5N4O3. The number of amides is 1. The number of aromatic nitrogens is 3.